The second-order valence-corrected chi connectivity index (χ2v) is 11.8. The monoisotopic (exact) mass is 597 g/mol. The van der Waals surface area contributed by atoms with Crippen molar-refractivity contribution in [3.8, 4) is 0 Å². The first kappa shape index (κ1) is 29.5. The van der Waals surface area contributed by atoms with Crippen LogP contribution in [0.3, 0.4) is 0 Å². The van der Waals surface area contributed by atoms with Crippen LogP contribution >= 0.6 is 0 Å². The molecule has 4 aromatic carbocycles. The maximum atomic E-state index is 15.8. The zero-order chi connectivity index (χ0) is 30.0. The summed E-state index contributed by atoms with van der Waals surface area (Å²) in [7, 11) is 4.00. The maximum absolute atomic E-state index is 15.8. The highest BCUT2D eigenvalue weighted by molar-refractivity contribution is 6.15. The largest absolute Gasteiger partial charge is 0.451 e. The van der Waals surface area contributed by atoms with Crippen molar-refractivity contribution in [2.24, 2.45) is 5.73 Å². The number of pyridine rings is 1. The van der Waals surface area contributed by atoms with Crippen molar-refractivity contribution in [2.75, 3.05) is 45.6 Å². The molecule has 0 radical (unpaired) electrons. The molecule has 1 amide bonds. The molecular formula is C34H36FN5O4. The van der Waals surface area contributed by atoms with Crippen LogP contribution in [0.2, 0.25) is 0 Å². The summed E-state index contributed by atoms with van der Waals surface area (Å²) >= 11 is 0. The Morgan fingerprint density at radius 1 is 1.05 bits per heavy atom. The molecule has 44 heavy (non-hydrogen) atoms. The Hall–Kier alpha value is -4.54. The fourth-order valence-electron chi connectivity index (χ4n) is 6.36. The Morgan fingerprint density at radius 2 is 1.82 bits per heavy atom. The van der Waals surface area contributed by atoms with E-state index in [-0.39, 0.29) is 41.1 Å². The molecule has 228 valence electrons. The van der Waals surface area contributed by atoms with Crippen LogP contribution in [-0.2, 0) is 0 Å². The summed E-state index contributed by atoms with van der Waals surface area (Å²) in [6.07, 6.45) is 3.88. The first-order valence-electron chi connectivity index (χ1n) is 14.6. The van der Waals surface area contributed by atoms with Crippen molar-refractivity contribution >= 4 is 60.7 Å². The number of benzene rings is 3. The molecule has 6 aromatic rings. The topological polar surface area (TPSA) is 113 Å². The second-order valence-electron chi connectivity index (χ2n) is 11.8. The maximum Gasteiger partial charge on any atom is 0.259 e. The fraction of sp³-hybridized carbons (Fsp3) is 0.324. The Labute approximate surface area is 253 Å². The molecule has 3 N–H and O–H groups in total. The van der Waals surface area contributed by atoms with E-state index in [2.05, 4.69) is 10.2 Å². The van der Waals surface area contributed by atoms with Gasteiger partial charge in [0.2, 0.25) is 5.43 Å². The smallest absolute Gasteiger partial charge is 0.259 e. The van der Waals surface area contributed by atoms with Crippen molar-refractivity contribution in [1.82, 2.24) is 14.2 Å². The number of likely N-dealkylation sites (tertiary alicyclic amines) is 1. The first-order chi connectivity index (χ1) is 20.7. The molecule has 1 atom stereocenters. The zero-order valence-electron chi connectivity index (χ0n) is 24.1. The average molecular weight is 598 g/mol. The molecular weight excluding hydrogens is 561 g/mol. The number of unbranched alkanes of at least 4 members (excludes halogenated alkanes) is 1. The van der Waals surface area contributed by atoms with Gasteiger partial charge in [-0.15, -0.1) is 0 Å². The fourth-order valence-corrected chi connectivity index (χ4v) is 6.36. The van der Waals surface area contributed by atoms with E-state index >= 15 is 4.39 Å². The van der Waals surface area contributed by atoms with Gasteiger partial charge in [0, 0.05) is 42.6 Å². The van der Waals surface area contributed by atoms with E-state index in [0.717, 1.165) is 30.2 Å². The van der Waals surface area contributed by atoms with Crippen LogP contribution in [0.4, 0.5) is 10.1 Å². The number of nitrogens with one attached hydrogen (secondary N) is 1. The summed E-state index contributed by atoms with van der Waals surface area (Å²) in [6, 6.07) is 11.9. The number of hydrogen-bond acceptors (Lipinski definition) is 7. The molecule has 0 unspecified atom stereocenters. The SMILES string of the molecule is C.CN(C)CCCCNc1c(F)cc2c(=O)c(C(=O)N3CC[C@H](N)C3)cn3c4cc5c(cc4oc1c23)c(=O)c1ccccc15. The van der Waals surface area contributed by atoms with Gasteiger partial charge in [-0.05, 0) is 68.9 Å². The summed E-state index contributed by atoms with van der Waals surface area (Å²) in [4.78, 5) is 44.4. The number of nitrogens with two attached hydrogens (primary N) is 1. The number of hydrogen-bond donors (Lipinski definition) is 2. The lowest BCUT2D eigenvalue weighted by Gasteiger charge is -2.19. The number of halogens is 1. The minimum Gasteiger partial charge on any atom is -0.451 e. The van der Waals surface area contributed by atoms with Gasteiger partial charge >= 0.3 is 0 Å². The highest BCUT2D eigenvalue weighted by atomic mass is 19.1. The van der Waals surface area contributed by atoms with Crippen LogP contribution in [-0.4, -0.2) is 66.4 Å². The summed E-state index contributed by atoms with van der Waals surface area (Å²) in [6.45, 7) is 2.18. The van der Waals surface area contributed by atoms with Crippen molar-refractivity contribution in [2.45, 2.75) is 32.7 Å². The Morgan fingerprint density at radius 3 is 2.55 bits per heavy atom. The van der Waals surface area contributed by atoms with Gasteiger partial charge in [-0.2, -0.15) is 0 Å². The number of carbonyl (C=O) groups excluding carboxylic acids is 1. The third kappa shape index (κ3) is 4.65. The quantitative estimate of drug-likeness (QED) is 0.151. The van der Waals surface area contributed by atoms with Gasteiger partial charge in [0.15, 0.2) is 22.4 Å². The molecule has 3 heterocycles. The third-order valence-electron chi connectivity index (χ3n) is 8.55. The van der Waals surface area contributed by atoms with E-state index in [1.807, 2.05) is 38.4 Å². The van der Waals surface area contributed by atoms with Crippen LogP contribution in [0.5, 0.6) is 0 Å². The van der Waals surface area contributed by atoms with E-state index in [9.17, 15) is 14.4 Å². The van der Waals surface area contributed by atoms with Crippen molar-refractivity contribution in [3.63, 3.8) is 0 Å². The lowest BCUT2D eigenvalue weighted by molar-refractivity contribution is 0.0789. The predicted octanol–water partition coefficient (Wildman–Crippen LogP) is 5.01. The first-order valence-corrected chi connectivity index (χ1v) is 14.6. The molecule has 1 aliphatic rings. The van der Waals surface area contributed by atoms with Gasteiger partial charge in [-0.25, -0.2) is 4.39 Å². The highest BCUT2D eigenvalue weighted by Crippen LogP contribution is 2.36. The molecule has 1 fully saturated rings. The van der Waals surface area contributed by atoms with Gasteiger partial charge in [0.05, 0.1) is 10.9 Å². The van der Waals surface area contributed by atoms with E-state index in [1.54, 1.807) is 21.4 Å². The number of aromatic nitrogens is 1. The summed E-state index contributed by atoms with van der Waals surface area (Å²) in [5.74, 6) is -1.09. The normalized spacial score (nSPS) is 15.4. The lowest BCUT2D eigenvalue weighted by atomic mass is 10.1. The second kappa shape index (κ2) is 11.2. The molecule has 0 saturated carbocycles. The van der Waals surface area contributed by atoms with Crippen LogP contribution in [0.1, 0.15) is 37.0 Å². The van der Waals surface area contributed by atoms with E-state index < -0.39 is 17.2 Å². The van der Waals surface area contributed by atoms with Gasteiger partial charge in [-0.3, -0.25) is 14.4 Å². The molecule has 1 saturated heterocycles. The van der Waals surface area contributed by atoms with Crippen molar-refractivity contribution < 1.29 is 13.6 Å². The van der Waals surface area contributed by atoms with E-state index in [4.69, 9.17) is 10.2 Å². The molecule has 1 aliphatic heterocycles. The number of carbonyl (C=O) groups is 1. The third-order valence-corrected chi connectivity index (χ3v) is 8.55. The average Bonchev–Trinajstić information content (AvgIpc) is 3.54. The van der Waals surface area contributed by atoms with Crippen molar-refractivity contribution in [3.05, 3.63) is 80.5 Å². The van der Waals surface area contributed by atoms with E-state index in [1.165, 1.54) is 12.3 Å². The Kier molecular flexibility index (Phi) is 7.51. The van der Waals surface area contributed by atoms with E-state index in [0.29, 0.717) is 53.4 Å². The predicted molar refractivity (Wildman–Crippen MR) is 175 cm³/mol. The summed E-state index contributed by atoms with van der Waals surface area (Å²) < 4.78 is 23.9. The highest BCUT2D eigenvalue weighted by Gasteiger charge is 2.29. The number of anilines is 1. The molecule has 0 spiro atoms. The molecule has 9 nitrogen and oxygen atoms in total. The number of nitrogens with zero attached hydrogens (tertiary/aromatic N) is 3. The Bertz CT molecular complexity index is 2190. The van der Waals surface area contributed by atoms with Crippen LogP contribution < -0.4 is 21.9 Å². The summed E-state index contributed by atoms with van der Waals surface area (Å²) in [5, 5.41) is 5.84. The zero-order valence-corrected chi connectivity index (χ0v) is 24.1. The molecule has 7 rings (SSSR count). The molecule has 2 aromatic heterocycles. The minimum atomic E-state index is -0.653. The molecule has 0 aliphatic carbocycles. The Balaban J connectivity index is 0.00000343. The summed E-state index contributed by atoms with van der Waals surface area (Å²) in [5.41, 5.74) is 6.83. The van der Waals surface area contributed by atoms with Gasteiger partial charge in [0.1, 0.15) is 16.8 Å². The van der Waals surface area contributed by atoms with Crippen molar-refractivity contribution in [1.29, 1.82) is 0 Å². The lowest BCUT2D eigenvalue weighted by Crippen LogP contribution is -2.35. The van der Waals surface area contributed by atoms with Crippen LogP contribution in [0.15, 0.2) is 62.7 Å². The molecule has 10 heteroatoms. The van der Waals surface area contributed by atoms with Crippen LogP contribution in [0.25, 0.3) is 49.1 Å². The number of rotatable bonds is 7. The van der Waals surface area contributed by atoms with Gasteiger partial charge < -0.3 is 29.7 Å². The molecule has 0 bridgehead atoms. The van der Waals surface area contributed by atoms with Gasteiger partial charge in [0.25, 0.3) is 5.91 Å². The standard InChI is InChI=1S/C33H32FN5O4.CH4/c1-37(2)11-6-5-10-36-28-25(34)13-23-29-32(28)43-27-15-22-21(19-7-3-4-8-20(19)30(22)40)14-26(27)39(29)17-24(31(23)41)33(42)38-12-9-18(35)16-38;/h3-4,7-8,13-15,17-18,36H,5-6,9-12,16,35H2,1-2H3;1H4/t18-;/m0./s1. The number of amides is 1. The number of fused-ring (bicyclic) bond motifs is 5. The van der Waals surface area contributed by atoms with Crippen LogP contribution in [0, 0.1) is 5.82 Å². The minimum absolute atomic E-state index is 0. The van der Waals surface area contributed by atoms with Gasteiger partial charge in [-0.1, -0.05) is 31.7 Å².